The first-order chi connectivity index (χ1) is 11.0. The SMILES string of the molecule is Cc1ncc(C(C)NCC(CO)Cc2ccccc2C)c(C)n1. The summed E-state index contributed by atoms with van der Waals surface area (Å²) in [4.78, 5) is 8.71. The monoisotopic (exact) mass is 313 g/mol. The predicted octanol–water partition coefficient (Wildman–Crippen LogP) is 2.90. The Hall–Kier alpha value is -1.78. The van der Waals surface area contributed by atoms with Crippen molar-refractivity contribution in [1.29, 1.82) is 0 Å². The number of hydrogen-bond donors (Lipinski definition) is 2. The van der Waals surface area contributed by atoms with Gasteiger partial charge in [0.2, 0.25) is 0 Å². The average Bonchev–Trinajstić information content (AvgIpc) is 2.52. The van der Waals surface area contributed by atoms with E-state index in [1.54, 1.807) is 0 Å². The van der Waals surface area contributed by atoms with E-state index >= 15 is 0 Å². The normalized spacial score (nSPS) is 13.8. The molecule has 2 aromatic rings. The molecule has 1 aromatic heterocycles. The van der Waals surface area contributed by atoms with Gasteiger partial charge < -0.3 is 10.4 Å². The Morgan fingerprint density at radius 3 is 2.57 bits per heavy atom. The lowest BCUT2D eigenvalue weighted by Gasteiger charge is -2.21. The molecule has 0 radical (unpaired) electrons. The molecule has 4 nitrogen and oxygen atoms in total. The van der Waals surface area contributed by atoms with Crippen molar-refractivity contribution in [3.8, 4) is 0 Å². The first kappa shape index (κ1) is 17.6. The number of aliphatic hydroxyl groups is 1. The average molecular weight is 313 g/mol. The zero-order chi connectivity index (χ0) is 16.8. The van der Waals surface area contributed by atoms with Crippen molar-refractivity contribution in [2.24, 2.45) is 5.92 Å². The molecule has 2 rings (SSSR count). The van der Waals surface area contributed by atoms with Crippen molar-refractivity contribution in [2.45, 2.75) is 40.2 Å². The minimum Gasteiger partial charge on any atom is -0.396 e. The summed E-state index contributed by atoms with van der Waals surface area (Å²) < 4.78 is 0. The first-order valence-corrected chi connectivity index (χ1v) is 8.20. The third-order valence-electron chi connectivity index (χ3n) is 4.35. The van der Waals surface area contributed by atoms with Crippen LogP contribution in [-0.4, -0.2) is 28.2 Å². The number of hydrogen-bond acceptors (Lipinski definition) is 4. The maximum atomic E-state index is 9.69. The quantitative estimate of drug-likeness (QED) is 0.825. The standard InChI is InChI=1S/C19H27N3O/c1-13-7-5-6-8-18(13)9-17(12-23)10-20-14(2)19-11-21-16(4)22-15(19)3/h5-8,11,14,17,20,23H,9-10,12H2,1-4H3. The minimum absolute atomic E-state index is 0.168. The van der Waals surface area contributed by atoms with Gasteiger partial charge in [0.15, 0.2) is 0 Å². The van der Waals surface area contributed by atoms with Gasteiger partial charge in [-0.15, -0.1) is 0 Å². The lowest BCUT2D eigenvalue weighted by atomic mass is 9.96. The smallest absolute Gasteiger partial charge is 0.125 e. The van der Waals surface area contributed by atoms with Gasteiger partial charge in [-0.1, -0.05) is 24.3 Å². The van der Waals surface area contributed by atoms with E-state index in [4.69, 9.17) is 0 Å². The van der Waals surface area contributed by atoms with Crippen LogP contribution < -0.4 is 5.32 Å². The molecule has 2 N–H and O–H groups in total. The fraction of sp³-hybridized carbons (Fsp3) is 0.474. The molecule has 0 amide bonds. The van der Waals surface area contributed by atoms with Crippen molar-refractivity contribution < 1.29 is 5.11 Å². The lowest BCUT2D eigenvalue weighted by molar-refractivity contribution is 0.218. The highest BCUT2D eigenvalue weighted by molar-refractivity contribution is 5.26. The molecular weight excluding hydrogens is 286 g/mol. The summed E-state index contributed by atoms with van der Waals surface area (Å²) in [7, 11) is 0. The third kappa shape index (κ3) is 4.85. The number of aryl methyl sites for hydroxylation is 3. The van der Waals surface area contributed by atoms with Gasteiger partial charge in [0.05, 0.1) is 0 Å². The van der Waals surface area contributed by atoms with Crippen molar-refractivity contribution >= 4 is 0 Å². The molecule has 0 saturated carbocycles. The molecule has 4 heteroatoms. The lowest BCUT2D eigenvalue weighted by Crippen LogP contribution is -2.29. The zero-order valence-electron chi connectivity index (χ0n) is 14.5. The van der Waals surface area contributed by atoms with Crippen LogP contribution in [0.2, 0.25) is 0 Å². The molecule has 23 heavy (non-hydrogen) atoms. The summed E-state index contributed by atoms with van der Waals surface area (Å²) in [5, 5.41) is 13.2. The molecule has 1 heterocycles. The fourth-order valence-electron chi connectivity index (χ4n) is 2.82. The van der Waals surface area contributed by atoms with Crippen molar-refractivity contribution in [1.82, 2.24) is 15.3 Å². The summed E-state index contributed by atoms with van der Waals surface area (Å²) in [5.74, 6) is 0.997. The first-order valence-electron chi connectivity index (χ1n) is 8.20. The second kappa shape index (κ2) is 8.18. The molecule has 2 unspecified atom stereocenters. The number of aliphatic hydroxyl groups excluding tert-OH is 1. The molecule has 0 fully saturated rings. The molecule has 2 atom stereocenters. The van der Waals surface area contributed by atoms with Crippen LogP contribution in [0, 0.1) is 26.7 Å². The highest BCUT2D eigenvalue weighted by atomic mass is 16.3. The van der Waals surface area contributed by atoms with Gasteiger partial charge in [-0.2, -0.15) is 0 Å². The molecular formula is C19H27N3O. The van der Waals surface area contributed by atoms with Gasteiger partial charge in [0.1, 0.15) is 5.82 Å². The molecule has 0 aliphatic heterocycles. The van der Waals surface area contributed by atoms with E-state index in [9.17, 15) is 5.11 Å². The maximum Gasteiger partial charge on any atom is 0.125 e. The molecule has 1 aromatic carbocycles. The number of rotatable bonds is 7. The van der Waals surface area contributed by atoms with Crippen LogP contribution in [0.15, 0.2) is 30.5 Å². The van der Waals surface area contributed by atoms with E-state index in [2.05, 4.69) is 47.3 Å². The van der Waals surface area contributed by atoms with Gasteiger partial charge in [-0.05, 0) is 51.2 Å². The zero-order valence-corrected chi connectivity index (χ0v) is 14.5. The number of benzene rings is 1. The van der Waals surface area contributed by atoms with E-state index in [1.807, 2.05) is 26.1 Å². The van der Waals surface area contributed by atoms with Gasteiger partial charge in [-0.3, -0.25) is 0 Å². The Labute approximate surface area is 139 Å². The Morgan fingerprint density at radius 2 is 1.91 bits per heavy atom. The van der Waals surface area contributed by atoms with E-state index in [0.717, 1.165) is 30.0 Å². The molecule has 124 valence electrons. The Kier molecular flexibility index (Phi) is 6.25. The Balaban J connectivity index is 1.96. The summed E-state index contributed by atoms with van der Waals surface area (Å²) in [6, 6.07) is 8.53. The van der Waals surface area contributed by atoms with Crippen LogP contribution in [0.1, 0.15) is 41.2 Å². The highest BCUT2D eigenvalue weighted by Crippen LogP contribution is 2.17. The van der Waals surface area contributed by atoms with Crippen molar-refractivity contribution in [3.63, 3.8) is 0 Å². The van der Waals surface area contributed by atoms with E-state index in [1.165, 1.54) is 11.1 Å². The molecule has 0 aliphatic carbocycles. The van der Waals surface area contributed by atoms with Crippen LogP contribution in [-0.2, 0) is 6.42 Å². The second-order valence-electron chi connectivity index (χ2n) is 6.27. The van der Waals surface area contributed by atoms with Crippen LogP contribution in [0.4, 0.5) is 0 Å². The predicted molar refractivity (Wildman–Crippen MR) is 93.4 cm³/mol. The molecule has 0 aliphatic rings. The van der Waals surface area contributed by atoms with E-state index in [0.29, 0.717) is 0 Å². The van der Waals surface area contributed by atoms with E-state index < -0.39 is 0 Å². The van der Waals surface area contributed by atoms with Crippen molar-refractivity contribution in [3.05, 3.63) is 58.7 Å². The third-order valence-corrected chi connectivity index (χ3v) is 4.35. The number of nitrogens with one attached hydrogen (secondary N) is 1. The maximum absolute atomic E-state index is 9.69. The summed E-state index contributed by atoms with van der Waals surface area (Å²) >= 11 is 0. The van der Waals surface area contributed by atoms with Gasteiger partial charge in [0, 0.05) is 36.6 Å². The topological polar surface area (TPSA) is 58.0 Å². The van der Waals surface area contributed by atoms with Crippen LogP contribution in [0.25, 0.3) is 0 Å². The summed E-state index contributed by atoms with van der Waals surface area (Å²) in [6.07, 6.45) is 2.77. The van der Waals surface area contributed by atoms with Crippen LogP contribution in [0.5, 0.6) is 0 Å². The van der Waals surface area contributed by atoms with Crippen LogP contribution >= 0.6 is 0 Å². The van der Waals surface area contributed by atoms with Gasteiger partial charge in [0.25, 0.3) is 0 Å². The van der Waals surface area contributed by atoms with Gasteiger partial charge >= 0.3 is 0 Å². The molecule has 0 bridgehead atoms. The van der Waals surface area contributed by atoms with E-state index in [-0.39, 0.29) is 18.6 Å². The summed E-state index contributed by atoms with van der Waals surface area (Å²) in [6.45, 7) is 9.09. The number of nitrogens with zero attached hydrogens (tertiary/aromatic N) is 2. The Morgan fingerprint density at radius 1 is 1.17 bits per heavy atom. The van der Waals surface area contributed by atoms with Gasteiger partial charge in [-0.25, -0.2) is 9.97 Å². The Bertz CT molecular complexity index is 642. The second-order valence-corrected chi connectivity index (χ2v) is 6.27. The number of aromatic nitrogens is 2. The minimum atomic E-state index is 0.168. The summed E-state index contributed by atoms with van der Waals surface area (Å²) in [5.41, 5.74) is 4.71. The highest BCUT2D eigenvalue weighted by Gasteiger charge is 2.14. The molecule has 0 spiro atoms. The van der Waals surface area contributed by atoms with Crippen LogP contribution in [0.3, 0.4) is 0 Å². The molecule has 0 saturated heterocycles. The fourth-order valence-corrected chi connectivity index (χ4v) is 2.82. The largest absolute Gasteiger partial charge is 0.396 e. The van der Waals surface area contributed by atoms with Crippen molar-refractivity contribution in [2.75, 3.05) is 13.2 Å².